The van der Waals surface area contributed by atoms with E-state index in [9.17, 15) is 4.79 Å². The summed E-state index contributed by atoms with van der Waals surface area (Å²) in [5.74, 6) is 0.0585. The number of unbranched alkanes of at least 4 members (excludes halogenated alkanes) is 1. The molecule has 2 rings (SSSR count). The molecule has 116 valence electrons. The van der Waals surface area contributed by atoms with Crippen molar-refractivity contribution >= 4 is 21.8 Å². The Kier molecular flexibility index (Phi) is 6.71. The van der Waals surface area contributed by atoms with Crippen molar-refractivity contribution in [2.24, 2.45) is 0 Å². The summed E-state index contributed by atoms with van der Waals surface area (Å²) in [5, 5.41) is 4.00. The zero-order valence-electron chi connectivity index (χ0n) is 12.8. The minimum atomic E-state index is 0.0585. The Morgan fingerprint density at radius 2 is 1.95 bits per heavy atom. The lowest BCUT2D eigenvalue weighted by molar-refractivity contribution is 0.0911. The van der Waals surface area contributed by atoms with Gasteiger partial charge in [-0.05, 0) is 43.5 Å². The van der Waals surface area contributed by atoms with Crippen molar-refractivity contribution in [3.63, 3.8) is 0 Å². The lowest BCUT2D eigenvalue weighted by atomic mass is 10.0. The Labute approximate surface area is 136 Å². The zero-order valence-corrected chi connectivity index (χ0v) is 14.4. The molecule has 0 atom stereocenters. The van der Waals surface area contributed by atoms with Crippen LogP contribution < -0.4 is 5.32 Å². The molecule has 1 heterocycles. The summed E-state index contributed by atoms with van der Waals surface area (Å²) >= 11 is 3.42. The topological polar surface area (TPSA) is 32.3 Å². The molecule has 0 bridgehead atoms. The first-order valence-electron chi connectivity index (χ1n) is 7.91. The van der Waals surface area contributed by atoms with E-state index in [-0.39, 0.29) is 5.91 Å². The third kappa shape index (κ3) is 5.11. The Morgan fingerprint density at radius 3 is 2.52 bits per heavy atom. The number of alkyl halides is 1. The molecule has 0 unspecified atom stereocenters. The summed E-state index contributed by atoms with van der Waals surface area (Å²) in [7, 11) is 0. The van der Waals surface area contributed by atoms with E-state index in [0.29, 0.717) is 6.04 Å². The van der Waals surface area contributed by atoms with Gasteiger partial charge in [0, 0.05) is 30.0 Å². The number of likely N-dealkylation sites (tertiary alicyclic amines) is 1. The molecule has 1 aliphatic heterocycles. The van der Waals surface area contributed by atoms with Gasteiger partial charge in [-0.1, -0.05) is 41.4 Å². The lowest BCUT2D eigenvalue weighted by Gasteiger charge is -2.32. The van der Waals surface area contributed by atoms with Crippen LogP contribution in [0.2, 0.25) is 0 Å². The predicted molar refractivity (Wildman–Crippen MR) is 90.9 cm³/mol. The average Bonchev–Trinajstić information content (AvgIpc) is 2.54. The fourth-order valence-corrected chi connectivity index (χ4v) is 3.07. The van der Waals surface area contributed by atoms with Crippen LogP contribution in [0.25, 0.3) is 0 Å². The molecule has 1 amide bonds. The van der Waals surface area contributed by atoms with Crippen molar-refractivity contribution < 1.29 is 4.79 Å². The number of hydrogen-bond acceptors (Lipinski definition) is 2. The summed E-state index contributed by atoms with van der Waals surface area (Å²) < 4.78 is 0. The van der Waals surface area contributed by atoms with Crippen molar-refractivity contribution in [1.82, 2.24) is 10.2 Å². The molecule has 1 aromatic carbocycles. The Balaban J connectivity index is 1.78. The minimum Gasteiger partial charge on any atom is -0.349 e. The van der Waals surface area contributed by atoms with Crippen LogP contribution in [-0.2, 0) is 5.33 Å². The summed E-state index contributed by atoms with van der Waals surface area (Å²) in [5.41, 5.74) is 1.95. The smallest absolute Gasteiger partial charge is 0.251 e. The van der Waals surface area contributed by atoms with E-state index < -0.39 is 0 Å². The van der Waals surface area contributed by atoms with Crippen LogP contribution in [0.5, 0.6) is 0 Å². The molecule has 1 aromatic rings. The van der Waals surface area contributed by atoms with Gasteiger partial charge in [0.15, 0.2) is 0 Å². The van der Waals surface area contributed by atoms with E-state index in [2.05, 4.69) is 33.1 Å². The second kappa shape index (κ2) is 8.54. The van der Waals surface area contributed by atoms with Crippen LogP contribution in [0, 0.1) is 0 Å². The van der Waals surface area contributed by atoms with Gasteiger partial charge in [-0.3, -0.25) is 4.79 Å². The van der Waals surface area contributed by atoms with E-state index >= 15 is 0 Å². The molecule has 0 aromatic heterocycles. The number of piperidine rings is 1. The fourth-order valence-electron chi connectivity index (χ4n) is 2.70. The molecule has 1 fully saturated rings. The van der Waals surface area contributed by atoms with Gasteiger partial charge in [-0.15, -0.1) is 0 Å². The number of carbonyl (C=O) groups is 1. The molecule has 21 heavy (non-hydrogen) atoms. The van der Waals surface area contributed by atoms with Gasteiger partial charge in [0.05, 0.1) is 0 Å². The first kappa shape index (κ1) is 16.5. The standard InChI is InChI=1S/C17H25BrN2O/c1-2-3-10-20-11-8-16(9-12-20)19-17(21)15-6-4-14(13-18)5-7-15/h4-7,16H,2-3,8-13H2,1H3,(H,19,21). The molecule has 0 aliphatic carbocycles. The third-order valence-electron chi connectivity index (χ3n) is 4.12. The summed E-state index contributed by atoms with van der Waals surface area (Å²) in [6, 6.07) is 8.13. The van der Waals surface area contributed by atoms with Gasteiger partial charge in [-0.2, -0.15) is 0 Å². The maximum absolute atomic E-state index is 12.2. The lowest BCUT2D eigenvalue weighted by Crippen LogP contribution is -2.44. The van der Waals surface area contributed by atoms with Crippen LogP contribution in [-0.4, -0.2) is 36.5 Å². The second-order valence-corrected chi connectivity index (χ2v) is 6.33. The number of carbonyl (C=O) groups excluding carboxylic acids is 1. The number of amides is 1. The molecule has 0 spiro atoms. The van der Waals surface area contributed by atoms with Gasteiger partial charge in [0.25, 0.3) is 5.91 Å². The number of nitrogens with zero attached hydrogens (tertiary/aromatic N) is 1. The van der Waals surface area contributed by atoms with E-state index in [0.717, 1.165) is 36.8 Å². The van der Waals surface area contributed by atoms with Crippen molar-refractivity contribution in [2.75, 3.05) is 19.6 Å². The van der Waals surface area contributed by atoms with E-state index in [1.165, 1.54) is 24.9 Å². The second-order valence-electron chi connectivity index (χ2n) is 5.77. The van der Waals surface area contributed by atoms with Crippen LogP contribution in [0.1, 0.15) is 48.5 Å². The van der Waals surface area contributed by atoms with Gasteiger partial charge in [0.1, 0.15) is 0 Å². The number of nitrogens with one attached hydrogen (secondary N) is 1. The number of hydrogen-bond donors (Lipinski definition) is 1. The molecular formula is C17H25BrN2O. The first-order valence-corrected chi connectivity index (χ1v) is 9.03. The molecule has 1 aliphatic rings. The number of benzene rings is 1. The Morgan fingerprint density at radius 1 is 1.29 bits per heavy atom. The highest BCUT2D eigenvalue weighted by molar-refractivity contribution is 9.08. The molecule has 0 saturated carbocycles. The van der Waals surface area contributed by atoms with Crippen molar-refractivity contribution in [1.29, 1.82) is 0 Å². The number of halogens is 1. The summed E-state index contributed by atoms with van der Waals surface area (Å²) in [6.07, 6.45) is 4.65. The first-order chi connectivity index (χ1) is 10.2. The quantitative estimate of drug-likeness (QED) is 0.793. The molecule has 1 N–H and O–H groups in total. The van der Waals surface area contributed by atoms with Crippen LogP contribution in [0.3, 0.4) is 0 Å². The summed E-state index contributed by atoms with van der Waals surface area (Å²) in [4.78, 5) is 14.7. The molecule has 0 radical (unpaired) electrons. The van der Waals surface area contributed by atoms with Gasteiger partial charge >= 0.3 is 0 Å². The van der Waals surface area contributed by atoms with E-state index in [4.69, 9.17) is 0 Å². The molecular weight excluding hydrogens is 328 g/mol. The van der Waals surface area contributed by atoms with Gasteiger partial charge < -0.3 is 10.2 Å². The largest absolute Gasteiger partial charge is 0.349 e. The normalized spacial score (nSPS) is 16.9. The highest BCUT2D eigenvalue weighted by Gasteiger charge is 2.20. The monoisotopic (exact) mass is 352 g/mol. The zero-order chi connectivity index (χ0) is 15.1. The van der Waals surface area contributed by atoms with Crippen molar-refractivity contribution in [2.45, 2.75) is 44.0 Å². The highest BCUT2D eigenvalue weighted by Crippen LogP contribution is 2.13. The number of rotatable bonds is 6. The molecule has 3 nitrogen and oxygen atoms in total. The van der Waals surface area contributed by atoms with Crippen LogP contribution in [0.4, 0.5) is 0 Å². The molecule has 4 heteroatoms. The van der Waals surface area contributed by atoms with Crippen LogP contribution >= 0.6 is 15.9 Å². The van der Waals surface area contributed by atoms with Crippen molar-refractivity contribution in [3.05, 3.63) is 35.4 Å². The SMILES string of the molecule is CCCCN1CCC(NC(=O)c2ccc(CBr)cc2)CC1. The van der Waals surface area contributed by atoms with Crippen molar-refractivity contribution in [3.8, 4) is 0 Å². The minimum absolute atomic E-state index is 0.0585. The summed E-state index contributed by atoms with van der Waals surface area (Å²) in [6.45, 7) is 5.64. The maximum atomic E-state index is 12.2. The Bertz CT molecular complexity index is 439. The average molecular weight is 353 g/mol. The van der Waals surface area contributed by atoms with Gasteiger partial charge in [0.2, 0.25) is 0 Å². The third-order valence-corrected chi connectivity index (χ3v) is 4.77. The predicted octanol–water partition coefficient (Wildman–Crippen LogP) is 3.58. The van der Waals surface area contributed by atoms with E-state index in [1.807, 2.05) is 24.3 Å². The maximum Gasteiger partial charge on any atom is 0.251 e. The Hall–Kier alpha value is -0.870. The van der Waals surface area contributed by atoms with Crippen LogP contribution in [0.15, 0.2) is 24.3 Å². The van der Waals surface area contributed by atoms with E-state index in [1.54, 1.807) is 0 Å². The molecule has 1 saturated heterocycles. The highest BCUT2D eigenvalue weighted by atomic mass is 79.9. The fraction of sp³-hybridized carbons (Fsp3) is 0.588. The van der Waals surface area contributed by atoms with Gasteiger partial charge in [-0.25, -0.2) is 0 Å².